The molecule has 4 rings (SSSR count). The molecule has 0 atom stereocenters. The van der Waals surface area contributed by atoms with E-state index in [2.05, 4.69) is 54.1 Å². The predicted molar refractivity (Wildman–Crippen MR) is 135 cm³/mol. The van der Waals surface area contributed by atoms with E-state index in [9.17, 15) is 4.79 Å². The van der Waals surface area contributed by atoms with E-state index in [-0.39, 0.29) is 11.0 Å². The van der Waals surface area contributed by atoms with Gasteiger partial charge in [0.2, 0.25) is 5.89 Å². The number of benzene rings is 3. The Morgan fingerprint density at radius 2 is 1.93 bits per heavy atom. The molecular weight excluding hydrogens is 601 g/mol. The fourth-order valence-corrected chi connectivity index (χ4v) is 4.10. The lowest BCUT2D eigenvalue weighted by Gasteiger charge is -2.10. The number of hydrogen-bond acceptors (Lipinski definition) is 4. The molecule has 1 amide bonds. The average Bonchev–Trinajstić information content (AvgIpc) is 3.13. The Morgan fingerprint density at radius 1 is 1.13 bits per heavy atom. The van der Waals surface area contributed by atoms with E-state index < -0.39 is 0 Å². The van der Waals surface area contributed by atoms with Crippen LogP contribution in [0.15, 0.2) is 69.6 Å². The number of anilines is 1. The van der Waals surface area contributed by atoms with Gasteiger partial charge in [-0.05, 0) is 99.3 Å². The maximum Gasteiger partial charge on any atom is 0.258 e. The number of hydrogen-bond donors (Lipinski definition) is 2. The van der Waals surface area contributed by atoms with Crippen molar-refractivity contribution < 1.29 is 9.21 Å². The summed E-state index contributed by atoms with van der Waals surface area (Å²) in [6, 6.07) is 18.1. The Bertz CT molecular complexity index is 1290. The van der Waals surface area contributed by atoms with Crippen LogP contribution in [0.2, 0.25) is 5.02 Å². The molecule has 0 aliphatic carbocycles. The molecule has 5 nitrogen and oxygen atoms in total. The van der Waals surface area contributed by atoms with Gasteiger partial charge in [0.25, 0.3) is 5.91 Å². The lowest BCUT2D eigenvalue weighted by atomic mass is 10.2. The van der Waals surface area contributed by atoms with Crippen molar-refractivity contribution in [1.82, 2.24) is 10.3 Å². The molecule has 1 heterocycles. The first kappa shape index (κ1) is 21.2. The highest BCUT2D eigenvalue weighted by Gasteiger charge is 2.14. The van der Waals surface area contributed by atoms with E-state index in [0.29, 0.717) is 33.3 Å². The van der Waals surface area contributed by atoms with Crippen molar-refractivity contribution in [2.45, 2.75) is 0 Å². The molecule has 0 radical (unpaired) electrons. The highest BCUT2D eigenvalue weighted by Crippen LogP contribution is 2.32. The summed E-state index contributed by atoms with van der Waals surface area (Å²) in [5.41, 5.74) is 3.21. The Morgan fingerprint density at radius 3 is 2.73 bits per heavy atom. The summed E-state index contributed by atoms with van der Waals surface area (Å²) in [6.07, 6.45) is 0. The fourth-order valence-electron chi connectivity index (χ4n) is 2.76. The zero-order valence-electron chi connectivity index (χ0n) is 15.1. The van der Waals surface area contributed by atoms with Crippen molar-refractivity contribution in [2.24, 2.45) is 0 Å². The summed E-state index contributed by atoms with van der Waals surface area (Å²) in [5, 5.41) is 6.13. The van der Waals surface area contributed by atoms with Crippen LogP contribution in [-0.2, 0) is 0 Å². The van der Waals surface area contributed by atoms with Gasteiger partial charge in [0, 0.05) is 13.7 Å². The lowest BCUT2D eigenvalue weighted by molar-refractivity contribution is 0.0978. The second-order valence-electron chi connectivity index (χ2n) is 6.21. The third kappa shape index (κ3) is 4.66. The molecule has 9 heteroatoms. The second kappa shape index (κ2) is 9.01. The molecular formula is C21H12BrClIN3O2S. The first-order valence-corrected chi connectivity index (χ1v) is 11.3. The minimum atomic E-state index is -0.383. The minimum absolute atomic E-state index is 0.156. The average molecular weight is 613 g/mol. The molecule has 0 bridgehead atoms. The van der Waals surface area contributed by atoms with E-state index in [1.54, 1.807) is 42.5 Å². The van der Waals surface area contributed by atoms with Gasteiger partial charge in [-0.3, -0.25) is 10.1 Å². The molecule has 30 heavy (non-hydrogen) atoms. The number of rotatable bonds is 3. The predicted octanol–water partition coefficient (Wildman–Crippen LogP) is 6.64. The van der Waals surface area contributed by atoms with Crippen molar-refractivity contribution in [2.75, 3.05) is 5.32 Å². The summed E-state index contributed by atoms with van der Waals surface area (Å²) in [5.74, 6) is 0.133. The second-order valence-corrected chi connectivity index (χ2v) is 9.13. The van der Waals surface area contributed by atoms with Gasteiger partial charge in [0.1, 0.15) is 5.52 Å². The van der Waals surface area contributed by atoms with Crippen molar-refractivity contribution in [3.63, 3.8) is 0 Å². The fraction of sp³-hybridized carbons (Fsp3) is 0. The summed E-state index contributed by atoms with van der Waals surface area (Å²) in [6.45, 7) is 0. The van der Waals surface area contributed by atoms with Gasteiger partial charge in [-0.15, -0.1) is 0 Å². The van der Waals surface area contributed by atoms with Crippen LogP contribution >= 0.6 is 62.3 Å². The summed E-state index contributed by atoms with van der Waals surface area (Å²) >= 11 is 17.1. The van der Waals surface area contributed by atoms with Gasteiger partial charge in [0.05, 0.1) is 16.1 Å². The van der Waals surface area contributed by atoms with Crippen LogP contribution in [0, 0.1) is 3.57 Å². The summed E-state index contributed by atoms with van der Waals surface area (Å²) in [4.78, 5) is 16.9. The van der Waals surface area contributed by atoms with Gasteiger partial charge in [-0.1, -0.05) is 23.7 Å². The topological polar surface area (TPSA) is 67.2 Å². The molecule has 1 aromatic heterocycles. The Kier molecular flexibility index (Phi) is 6.37. The molecule has 0 unspecified atom stereocenters. The van der Waals surface area contributed by atoms with Crippen LogP contribution in [0.3, 0.4) is 0 Å². The third-order valence-electron chi connectivity index (χ3n) is 4.15. The molecule has 0 saturated heterocycles. The number of oxazole rings is 1. The van der Waals surface area contributed by atoms with Gasteiger partial charge < -0.3 is 9.73 Å². The first-order chi connectivity index (χ1) is 14.4. The number of nitrogens with zero attached hydrogens (tertiary/aromatic N) is 1. The van der Waals surface area contributed by atoms with Crippen molar-refractivity contribution in [1.29, 1.82) is 0 Å². The smallest absolute Gasteiger partial charge is 0.258 e. The number of fused-ring (bicyclic) bond motifs is 1. The van der Waals surface area contributed by atoms with Gasteiger partial charge in [-0.25, -0.2) is 4.98 Å². The van der Waals surface area contributed by atoms with Crippen LogP contribution in [0.4, 0.5) is 5.69 Å². The van der Waals surface area contributed by atoms with E-state index in [4.69, 9.17) is 28.2 Å². The molecule has 2 N–H and O–H groups in total. The van der Waals surface area contributed by atoms with Gasteiger partial charge >= 0.3 is 0 Å². The Balaban J connectivity index is 1.52. The molecule has 0 saturated carbocycles. The molecule has 150 valence electrons. The number of carbonyl (C=O) groups is 1. The normalized spacial score (nSPS) is 10.8. The summed E-state index contributed by atoms with van der Waals surface area (Å²) < 4.78 is 7.87. The first-order valence-electron chi connectivity index (χ1n) is 8.63. The van der Waals surface area contributed by atoms with Crippen LogP contribution in [0.1, 0.15) is 10.4 Å². The van der Waals surface area contributed by atoms with Crippen LogP contribution in [0.25, 0.3) is 22.6 Å². The molecule has 0 aliphatic rings. The van der Waals surface area contributed by atoms with Gasteiger partial charge in [-0.2, -0.15) is 0 Å². The molecule has 4 aromatic rings. The number of carbonyl (C=O) groups excluding carboxylic acids is 1. The van der Waals surface area contributed by atoms with E-state index in [1.165, 1.54) is 0 Å². The maximum absolute atomic E-state index is 12.3. The maximum atomic E-state index is 12.3. The summed E-state index contributed by atoms with van der Waals surface area (Å²) in [7, 11) is 0. The number of nitrogens with one attached hydrogen (secondary N) is 2. The molecule has 0 aliphatic heterocycles. The van der Waals surface area contributed by atoms with Crippen molar-refractivity contribution in [3.8, 4) is 11.5 Å². The standard InChI is InChI=1S/C21H12BrClIN3O2S/c22-15-7-5-11(24)9-14(15)20-26-17-10-12(6-8-18(17)29-20)25-21(30)27-19(28)13-3-1-2-4-16(13)23/h1-10H,(H2,25,27,28,30). The SMILES string of the molecule is O=C(NC(=S)Nc1ccc2oc(-c3cc(I)ccc3Br)nc2c1)c1ccccc1Cl. The molecule has 0 fully saturated rings. The molecule has 3 aromatic carbocycles. The van der Waals surface area contributed by atoms with Crippen molar-refractivity contribution >= 4 is 90.1 Å². The zero-order valence-corrected chi connectivity index (χ0v) is 20.4. The number of aromatic nitrogens is 1. The number of amides is 1. The van der Waals surface area contributed by atoms with E-state index in [1.807, 2.05) is 18.2 Å². The lowest BCUT2D eigenvalue weighted by Crippen LogP contribution is -2.34. The monoisotopic (exact) mass is 611 g/mol. The van der Waals surface area contributed by atoms with E-state index >= 15 is 0 Å². The Labute approximate surface area is 204 Å². The van der Waals surface area contributed by atoms with Crippen LogP contribution < -0.4 is 10.6 Å². The molecule has 0 spiro atoms. The highest BCUT2D eigenvalue weighted by molar-refractivity contribution is 14.1. The number of thiocarbonyl (C=S) groups is 1. The Hall–Kier alpha value is -2.01. The van der Waals surface area contributed by atoms with Gasteiger partial charge in [0.15, 0.2) is 10.7 Å². The largest absolute Gasteiger partial charge is 0.436 e. The highest BCUT2D eigenvalue weighted by atomic mass is 127. The van der Waals surface area contributed by atoms with E-state index in [0.717, 1.165) is 13.6 Å². The third-order valence-corrected chi connectivity index (χ3v) is 6.05. The quantitative estimate of drug-likeness (QED) is 0.201. The zero-order chi connectivity index (χ0) is 21.3. The number of halogens is 3. The van der Waals surface area contributed by atoms with Crippen LogP contribution in [-0.4, -0.2) is 16.0 Å². The minimum Gasteiger partial charge on any atom is -0.436 e. The van der Waals surface area contributed by atoms with Crippen molar-refractivity contribution in [3.05, 3.63) is 79.3 Å². The van der Waals surface area contributed by atoms with Crippen LogP contribution in [0.5, 0.6) is 0 Å².